The number of methoxy groups -OCH3 is 2. The Hall–Kier alpha value is -3.27. The number of likely N-dealkylation sites (N-methyl/N-ethyl adjacent to an activating group) is 1. The number of ether oxygens (including phenoxy) is 2. The lowest BCUT2D eigenvalue weighted by molar-refractivity contribution is -0.139. The highest BCUT2D eigenvalue weighted by Gasteiger charge is 2.29. The second-order valence-corrected chi connectivity index (χ2v) is 9.03. The van der Waals surface area contributed by atoms with Crippen molar-refractivity contribution < 1.29 is 27.5 Å². The number of carbonyl (C=O) groups is 2. The monoisotopic (exact) mass is 463 g/mol. The molecule has 1 N–H and O–H groups in total. The highest BCUT2D eigenvalue weighted by atomic mass is 32.2. The fourth-order valence-corrected chi connectivity index (χ4v) is 3.93. The van der Waals surface area contributed by atoms with E-state index < -0.39 is 28.5 Å². The lowest BCUT2D eigenvalue weighted by atomic mass is 10.1. The van der Waals surface area contributed by atoms with E-state index in [4.69, 9.17) is 9.47 Å². The van der Waals surface area contributed by atoms with E-state index in [1.165, 1.54) is 19.1 Å². The van der Waals surface area contributed by atoms with Crippen LogP contribution >= 0.6 is 0 Å². The van der Waals surface area contributed by atoms with Gasteiger partial charge in [0.25, 0.3) is 0 Å². The normalized spacial score (nSPS) is 11.9. The van der Waals surface area contributed by atoms with E-state index in [9.17, 15) is 18.0 Å². The summed E-state index contributed by atoms with van der Waals surface area (Å²) in [5, 5.41) is 2.53. The van der Waals surface area contributed by atoms with Crippen LogP contribution < -0.4 is 19.1 Å². The number of carbonyl (C=O) groups excluding carboxylic acids is 2. The van der Waals surface area contributed by atoms with Gasteiger partial charge in [-0.2, -0.15) is 0 Å². The molecule has 174 valence electrons. The Morgan fingerprint density at radius 1 is 0.969 bits per heavy atom. The molecule has 32 heavy (non-hydrogen) atoms. The highest BCUT2D eigenvalue weighted by molar-refractivity contribution is 7.92. The maximum absolute atomic E-state index is 13.3. The van der Waals surface area contributed by atoms with E-state index in [1.807, 2.05) is 0 Å². The van der Waals surface area contributed by atoms with Crippen molar-refractivity contribution in [1.29, 1.82) is 0 Å². The molecule has 2 aromatic rings. The molecule has 0 aromatic heterocycles. The van der Waals surface area contributed by atoms with Gasteiger partial charge in [-0.25, -0.2) is 8.42 Å². The van der Waals surface area contributed by atoms with Crippen LogP contribution in [-0.4, -0.2) is 65.2 Å². The third-order valence-electron chi connectivity index (χ3n) is 4.97. The van der Waals surface area contributed by atoms with Crippen LogP contribution in [0, 0.1) is 0 Å². The van der Waals surface area contributed by atoms with Crippen LogP contribution in [0.25, 0.3) is 0 Å². The van der Waals surface area contributed by atoms with E-state index in [0.29, 0.717) is 17.2 Å². The number of sulfonamides is 1. The average molecular weight is 464 g/mol. The van der Waals surface area contributed by atoms with Gasteiger partial charge in [0.1, 0.15) is 24.1 Å². The van der Waals surface area contributed by atoms with Gasteiger partial charge < -0.3 is 19.7 Å². The zero-order valence-electron chi connectivity index (χ0n) is 18.9. The van der Waals surface area contributed by atoms with Crippen molar-refractivity contribution in [1.82, 2.24) is 10.2 Å². The molecule has 9 nitrogen and oxygen atoms in total. The van der Waals surface area contributed by atoms with Crippen LogP contribution in [0.4, 0.5) is 5.69 Å². The summed E-state index contributed by atoms with van der Waals surface area (Å²) in [7, 11) is 0.767. The van der Waals surface area contributed by atoms with Crippen molar-refractivity contribution in [3.8, 4) is 11.5 Å². The van der Waals surface area contributed by atoms with Crippen molar-refractivity contribution in [3.63, 3.8) is 0 Å². The van der Waals surface area contributed by atoms with Crippen LogP contribution in [0.1, 0.15) is 12.5 Å². The van der Waals surface area contributed by atoms with Gasteiger partial charge in [0.05, 0.1) is 26.2 Å². The van der Waals surface area contributed by atoms with Gasteiger partial charge in [0.15, 0.2) is 0 Å². The van der Waals surface area contributed by atoms with Gasteiger partial charge in [-0.3, -0.25) is 13.9 Å². The quantitative estimate of drug-likeness (QED) is 0.574. The molecule has 2 amide bonds. The molecule has 0 aliphatic heterocycles. The number of rotatable bonds is 10. The summed E-state index contributed by atoms with van der Waals surface area (Å²) in [6, 6.07) is 12.6. The molecule has 0 bridgehead atoms. The van der Waals surface area contributed by atoms with Crippen molar-refractivity contribution >= 4 is 27.5 Å². The molecule has 1 atom stereocenters. The zero-order chi connectivity index (χ0) is 23.9. The molecule has 0 fully saturated rings. The Labute approximate surface area is 189 Å². The Morgan fingerprint density at radius 3 is 1.91 bits per heavy atom. The third kappa shape index (κ3) is 6.36. The van der Waals surface area contributed by atoms with Crippen LogP contribution in [-0.2, 0) is 26.2 Å². The zero-order valence-corrected chi connectivity index (χ0v) is 19.7. The van der Waals surface area contributed by atoms with Crippen LogP contribution in [0.15, 0.2) is 48.5 Å². The Bertz CT molecular complexity index is 1020. The van der Waals surface area contributed by atoms with Crippen molar-refractivity contribution in [2.75, 3.05) is 38.4 Å². The molecule has 0 aliphatic rings. The molecular weight excluding hydrogens is 434 g/mol. The summed E-state index contributed by atoms with van der Waals surface area (Å²) in [4.78, 5) is 26.9. The predicted octanol–water partition coefficient (Wildman–Crippen LogP) is 1.63. The largest absolute Gasteiger partial charge is 0.497 e. The fourth-order valence-electron chi connectivity index (χ4n) is 3.08. The summed E-state index contributed by atoms with van der Waals surface area (Å²) < 4.78 is 36.2. The van der Waals surface area contributed by atoms with Crippen molar-refractivity contribution in [2.45, 2.75) is 19.5 Å². The number of nitrogens with zero attached hydrogens (tertiary/aromatic N) is 2. The molecule has 0 heterocycles. The van der Waals surface area contributed by atoms with Crippen LogP contribution in [0.5, 0.6) is 11.5 Å². The second kappa shape index (κ2) is 10.9. The minimum absolute atomic E-state index is 0.123. The van der Waals surface area contributed by atoms with Gasteiger partial charge in [-0.05, 0) is 48.9 Å². The fraction of sp³-hybridized carbons (Fsp3) is 0.364. The van der Waals surface area contributed by atoms with E-state index in [-0.39, 0.29) is 12.5 Å². The Kier molecular flexibility index (Phi) is 8.48. The number of nitrogens with one attached hydrogen (secondary N) is 1. The lowest BCUT2D eigenvalue weighted by Gasteiger charge is -2.31. The van der Waals surface area contributed by atoms with Gasteiger partial charge >= 0.3 is 0 Å². The maximum Gasteiger partial charge on any atom is 0.244 e. The molecule has 0 radical (unpaired) electrons. The predicted molar refractivity (Wildman–Crippen MR) is 122 cm³/mol. The van der Waals surface area contributed by atoms with Gasteiger partial charge in [-0.15, -0.1) is 0 Å². The third-order valence-corrected chi connectivity index (χ3v) is 6.11. The SMILES string of the molecule is CNC(=O)C(C)N(Cc1ccc(OC)cc1)C(=O)CN(c1ccc(OC)cc1)S(C)(=O)=O. The highest BCUT2D eigenvalue weighted by Crippen LogP contribution is 2.22. The van der Waals surface area contributed by atoms with Crippen LogP contribution in [0.2, 0.25) is 0 Å². The van der Waals surface area contributed by atoms with E-state index in [2.05, 4.69) is 5.32 Å². The minimum Gasteiger partial charge on any atom is -0.497 e. The van der Waals surface area contributed by atoms with Crippen molar-refractivity contribution in [3.05, 3.63) is 54.1 Å². The minimum atomic E-state index is -3.77. The molecule has 0 spiro atoms. The maximum atomic E-state index is 13.3. The first kappa shape index (κ1) is 25.0. The summed E-state index contributed by atoms with van der Waals surface area (Å²) in [5.41, 5.74) is 1.09. The number of hydrogen-bond donors (Lipinski definition) is 1. The number of benzene rings is 2. The van der Waals surface area contributed by atoms with E-state index in [0.717, 1.165) is 16.1 Å². The summed E-state index contributed by atoms with van der Waals surface area (Å²) in [6.45, 7) is 1.26. The van der Waals surface area contributed by atoms with Crippen molar-refractivity contribution in [2.24, 2.45) is 0 Å². The lowest BCUT2D eigenvalue weighted by Crippen LogP contribution is -2.50. The molecule has 10 heteroatoms. The number of amides is 2. The smallest absolute Gasteiger partial charge is 0.244 e. The Morgan fingerprint density at radius 2 is 1.47 bits per heavy atom. The van der Waals surface area contributed by atoms with Gasteiger partial charge in [0, 0.05) is 13.6 Å². The number of anilines is 1. The van der Waals surface area contributed by atoms with E-state index in [1.54, 1.807) is 62.6 Å². The Balaban J connectivity index is 2.34. The average Bonchev–Trinajstić information content (AvgIpc) is 2.79. The second-order valence-electron chi connectivity index (χ2n) is 7.13. The van der Waals surface area contributed by atoms with Gasteiger partial charge in [0.2, 0.25) is 21.8 Å². The van der Waals surface area contributed by atoms with Crippen LogP contribution in [0.3, 0.4) is 0 Å². The molecular formula is C22H29N3O6S. The summed E-state index contributed by atoms with van der Waals surface area (Å²) >= 11 is 0. The standard InChI is InChI=1S/C22H29N3O6S/c1-16(22(27)23-2)24(14-17-6-10-19(30-3)11-7-17)21(26)15-25(32(5,28)29)18-8-12-20(31-4)13-9-18/h6-13,16H,14-15H2,1-5H3,(H,23,27). The van der Waals surface area contributed by atoms with E-state index >= 15 is 0 Å². The first-order valence-corrected chi connectivity index (χ1v) is 11.7. The summed E-state index contributed by atoms with van der Waals surface area (Å²) in [5.74, 6) is 0.344. The van der Waals surface area contributed by atoms with Gasteiger partial charge in [-0.1, -0.05) is 12.1 Å². The molecule has 2 rings (SSSR count). The number of hydrogen-bond acceptors (Lipinski definition) is 6. The molecule has 2 aromatic carbocycles. The molecule has 1 unspecified atom stereocenters. The molecule has 0 aliphatic carbocycles. The first-order chi connectivity index (χ1) is 15.1. The molecule has 0 saturated carbocycles. The topological polar surface area (TPSA) is 105 Å². The molecule has 0 saturated heterocycles. The first-order valence-electron chi connectivity index (χ1n) is 9.86. The summed E-state index contributed by atoms with van der Waals surface area (Å²) in [6.07, 6.45) is 1.03.